The monoisotopic (exact) mass is 275 g/mol. The van der Waals surface area contributed by atoms with Gasteiger partial charge in [0.05, 0.1) is 6.10 Å². The molecule has 1 aliphatic rings. The molecule has 2 heteroatoms. The smallest absolute Gasteiger partial charge is 0.0807 e. The van der Waals surface area contributed by atoms with Gasteiger partial charge in [0.25, 0.3) is 0 Å². The Bertz CT molecular complexity index is 427. The summed E-state index contributed by atoms with van der Waals surface area (Å²) >= 11 is 0. The van der Waals surface area contributed by atoms with Gasteiger partial charge in [-0.25, -0.2) is 0 Å². The van der Waals surface area contributed by atoms with E-state index in [2.05, 4.69) is 43.9 Å². The van der Waals surface area contributed by atoms with Crippen molar-refractivity contribution in [3.63, 3.8) is 0 Å². The van der Waals surface area contributed by atoms with Gasteiger partial charge in [-0.05, 0) is 36.7 Å². The number of anilines is 1. The minimum Gasteiger partial charge on any atom is -0.388 e. The van der Waals surface area contributed by atoms with E-state index in [1.807, 2.05) is 13.0 Å². The largest absolute Gasteiger partial charge is 0.388 e. The van der Waals surface area contributed by atoms with E-state index in [0.717, 1.165) is 31.0 Å². The van der Waals surface area contributed by atoms with Crippen LogP contribution in [-0.4, -0.2) is 18.2 Å². The lowest BCUT2D eigenvalue weighted by Crippen LogP contribution is -2.38. The molecule has 1 aliphatic heterocycles. The Kier molecular flexibility index (Phi) is 4.74. The van der Waals surface area contributed by atoms with E-state index in [-0.39, 0.29) is 6.10 Å². The van der Waals surface area contributed by atoms with E-state index in [1.165, 1.54) is 18.5 Å². The maximum atomic E-state index is 10.2. The number of hydrogen-bond acceptors (Lipinski definition) is 2. The Morgan fingerprint density at radius 1 is 1.20 bits per heavy atom. The average molecular weight is 275 g/mol. The van der Waals surface area contributed by atoms with Gasteiger partial charge < -0.3 is 10.0 Å². The molecule has 112 valence electrons. The Morgan fingerprint density at radius 2 is 1.80 bits per heavy atom. The third-order valence-corrected chi connectivity index (χ3v) is 4.74. The first-order valence-corrected chi connectivity index (χ1v) is 7.95. The summed E-state index contributed by atoms with van der Waals surface area (Å²) in [6, 6.07) is 8.33. The minimum atomic E-state index is -0.341. The zero-order valence-corrected chi connectivity index (χ0v) is 13.4. The van der Waals surface area contributed by atoms with Crippen molar-refractivity contribution in [3.05, 3.63) is 29.8 Å². The van der Waals surface area contributed by atoms with Crippen LogP contribution < -0.4 is 4.90 Å². The fraction of sp³-hybridized carbons (Fsp3) is 0.667. The van der Waals surface area contributed by atoms with Gasteiger partial charge >= 0.3 is 0 Å². The molecule has 2 nitrogen and oxygen atoms in total. The first-order valence-electron chi connectivity index (χ1n) is 7.95. The number of aliphatic hydroxyl groups is 1. The van der Waals surface area contributed by atoms with Crippen molar-refractivity contribution in [1.82, 2.24) is 0 Å². The Labute approximate surface area is 123 Å². The second-order valence-corrected chi connectivity index (χ2v) is 7.11. The third-order valence-electron chi connectivity index (χ3n) is 4.74. The van der Waals surface area contributed by atoms with Crippen LogP contribution in [0.5, 0.6) is 0 Å². The van der Waals surface area contributed by atoms with E-state index in [0.29, 0.717) is 5.41 Å². The molecule has 0 spiro atoms. The summed E-state index contributed by atoms with van der Waals surface area (Å²) in [5.74, 6) is 0.807. The lowest BCUT2D eigenvalue weighted by molar-refractivity contribution is 0.173. The van der Waals surface area contributed by atoms with Crippen LogP contribution in [0.2, 0.25) is 0 Å². The molecule has 1 aromatic carbocycles. The molecular weight excluding hydrogens is 246 g/mol. The lowest BCUT2D eigenvalue weighted by Gasteiger charge is -2.40. The Morgan fingerprint density at radius 3 is 2.35 bits per heavy atom. The van der Waals surface area contributed by atoms with E-state index in [1.54, 1.807) is 0 Å². The fourth-order valence-corrected chi connectivity index (χ4v) is 3.26. The molecule has 0 aliphatic carbocycles. The third kappa shape index (κ3) is 3.35. The Balaban J connectivity index is 2.11. The highest BCUT2D eigenvalue weighted by atomic mass is 16.3. The minimum absolute atomic E-state index is 0.341. The molecule has 1 N–H and O–H groups in total. The van der Waals surface area contributed by atoms with Gasteiger partial charge in [0, 0.05) is 24.3 Å². The van der Waals surface area contributed by atoms with Crippen molar-refractivity contribution in [2.24, 2.45) is 11.3 Å². The zero-order valence-electron chi connectivity index (χ0n) is 13.4. The van der Waals surface area contributed by atoms with Crippen LogP contribution >= 0.6 is 0 Å². The average Bonchev–Trinajstić information content (AvgIpc) is 2.45. The van der Waals surface area contributed by atoms with Crippen molar-refractivity contribution in [1.29, 1.82) is 0 Å². The van der Waals surface area contributed by atoms with Crippen LogP contribution in [0.1, 0.15) is 58.6 Å². The first kappa shape index (κ1) is 15.4. The standard InChI is InChI=1S/C18H29NO/c1-5-17(20)15-8-6-7-9-16(15)19-12-10-14(11-13-19)18(2,3)4/h6-9,14,17,20H,5,10-13H2,1-4H3. The highest BCUT2D eigenvalue weighted by Gasteiger charge is 2.29. The van der Waals surface area contributed by atoms with E-state index < -0.39 is 0 Å². The van der Waals surface area contributed by atoms with Crippen molar-refractivity contribution in [2.75, 3.05) is 18.0 Å². The van der Waals surface area contributed by atoms with Gasteiger partial charge in [0.1, 0.15) is 0 Å². The zero-order chi connectivity index (χ0) is 14.8. The summed E-state index contributed by atoms with van der Waals surface area (Å²) in [5.41, 5.74) is 2.73. The highest BCUT2D eigenvalue weighted by Crippen LogP contribution is 2.37. The molecular formula is C18H29NO. The first-order chi connectivity index (χ1) is 9.43. The summed E-state index contributed by atoms with van der Waals surface area (Å²) < 4.78 is 0. The van der Waals surface area contributed by atoms with Crippen LogP contribution in [0.25, 0.3) is 0 Å². The molecule has 0 aromatic heterocycles. The summed E-state index contributed by atoms with van der Waals surface area (Å²) in [6.45, 7) is 11.3. The van der Waals surface area contributed by atoms with Gasteiger partial charge in [-0.1, -0.05) is 45.9 Å². The number of nitrogens with zero attached hydrogens (tertiary/aromatic N) is 1. The highest BCUT2D eigenvalue weighted by molar-refractivity contribution is 5.55. The van der Waals surface area contributed by atoms with Crippen molar-refractivity contribution >= 4 is 5.69 Å². The van der Waals surface area contributed by atoms with Gasteiger partial charge in [0.2, 0.25) is 0 Å². The summed E-state index contributed by atoms with van der Waals surface area (Å²) in [7, 11) is 0. The van der Waals surface area contributed by atoms with Crippen LogP contribution in [0.3, 0.4) is 0 Å². The second kappa shape index (κ2) is 6.17. The normalized spacial score (nSPS) is 19.1. The van der Waals surface area contributed by atoms with Crippen molar-refractivity contribution in [3.8, 4) is 0 Å². The Hall–Kier alpha value is -1.02. The molecule has 1 heterocycles. The maximum absolute atomic E-state index is 10.2. The fourth-order valence-electron chi connectivity index (χ4n) is 3.26. The molecule has 1 aromatic rings. The van der Waals surface area contributed by atoms with Gasteiger partial charge in [-0.2, -0.15) is 0 Å². The van der Waals surface area contributed by atoms with Gasteiger partial charge in [-0.3, -0.25) is 0 Å². The summed E-state index contributed by atoms with van der Waals surface area (Å²) in [6.07, 6.45) is 2.93. The lowest BCUT2D eigenvalue weighted by atomic mass is 9.75. The van der Waals surface area contributed by atoms with Crippen LogP contribution in [0.4, 0.5) is 5.69 Å². The molecule has 1 atom stereocenters. The van der Waals surface area contributed by atoms with Crippen LogP contribution in [0.15, 0.2) is 24.3 Å². The molecule has 1 fully saturated rings. The van der Waals surface area contributed by atoms with Crippen LogP contribution in [-0.2, 0) is 0 Å². The topological polar surface area (TPSA) is 23.5 Å². The molecule has 0 bridgehead atoms. The number of piperidine rings is 1. The van der Waals surface area contributed by atoms with E-state index >= 15 is 0 Å². The molecule has 0 saturated carbocycles. The molecule has 20 heavy (non-hydrogen) atoms. The number of hydrogen-bond donors (Lipinski definition) is 1. The predicted molar refractivity (Wildman–Crippen MR) is 86.1 cm³/mol. The molecule has 1 unspecified atom stereocenters. The quantitative estimate of drug-likeness (QED) is 0.884. The number of benzene rings is 1. The second-order valence-electron chi connectivity index (χ2n) is 7.11. The summed E-state index contributed by atoms with van der Waals surface area (Å²) in [5, 5.41) is 10.2. The van der Waals surface area contributed by atoms with Crippen molar-refractivity contribution in [2.45, 2.75) is 53.1 Å². The van der Waals surface area contributed by atoms with Crippen molar-refractivity contribution < 1.29 is 5.11 Å². The number of rotatable bonds is 3. The van der Waals surface area contributed by atoms with E-state index in [4.69, 9.17) is 0 Å². The van der Waals surface area contributed by atoms with Gasteiger partial charge in [0.15, 0.2) is 0 Å². The van der Waals surface area contributed by atoms with Gasteiger partial charge in [-0.15, -0.1) is 0 Å². The predicted octanol–water partition coefficient (Wildman–Crippen LogP) is 4.39. The molecule has 0 radical (unpaired) electrons. The number of para-hydroxylation sites is 1. The molecule has 2 rings (SSSR count). The summed E-state index contributed by atoms with van der Waals surface area (Å²) in [4.78, 5) is 2.45. The molecule has 0 amide bonds. The van der Waals surface area contributed by atoms with E-state index in [9.17, 15) is 5.11 Å². The molecule has 1 saturated heterocycles. The van der Waals surface area contributed by atoms with Crippen LogP contribution in [0, 0.1) is 11.3 Å². The number of aliphatic hydroxyl groups excluding tert-OH is 1. The SMILES string of the molecule is CCC(O)c1ccccc1N1CCC(C(C)(C)C)CC1. The maximum Gasteiger partial charge on any atom is 0.0807 e.